The number of rotatable bonds is 19. The number of esters is 3. The predicted molar refractivity (Wildman–Crippen MR) is 335 cm³/mol. The summed E-state index contributed by atoms with van der Waals surface area (Å²) < 4.78 is 30.7. The van der Waals surface area contributed by atoms with Gasteiger partial charge in [0.05, 0.1) is 0 Å². The van der Waals surface area contributed by atoms with Crippen LogP contribution in [0.4, 0.5) is 0 Å². The Morgan fingerprint density at radius 1 is 0.425 bits per heavy atom. The summed E-state index contributed by atoms with van der Waals surface area (Å²) >= 11 is 0. The van der Waals surface area contributed by atoms with Crippen LogP contribution in [0.1, 0.15) is 145 Å². The van der Waals surface area contributed by atoms with Crippen molar-refractivity contribution in [1.29, 1.82) is 0 Å². The number of carbonyl (C=O) groups excluding carboxylic acids is 3. The number of ether oxygens (including phenoxy) is 5. The van der Waals surface area contributed by atoms with Crippen LogP contribution in [0.5, 0.6) is 34.5 Å². The van der Waals surface area contributed by atoms with Gasteiger partial charge in [-0.25, -0.2) is 14.4 Å². The molecule has 4 bridgehead atoms. The first-order valence-corrected chi connectivity index (χ1v) is 30.3. The maximum Gasteiger partial charge on any atom is 0.344 e. The Morgan fingerprint density at radius 3 is 1.26 bits per heavy atom. The van der Waals surface area contributed by atoms with E-state index in [1.165, 1.54) is 6.42 Å². The minimum atomic E-state index is -0.734. The summed E-state index contributed by atoms with van der Waals surface area (Å²) in [5.41, 5.74) is 12.9. The van der Waals surface area contributed by atoms with Crippen molar-refractivity contribution in [3.05, 3.63) is 222 Å². The Balaban J connectivity index is 0.953. The van der Waals surface area contributed by atoms with E-state index in [9.17, 15) is 34.8 Å². The second kappa shape index (κ2) is 24.5. The van der Waals surface area contributed by atoms with E-state index in [1.54, 1.807) is 24.3 Å². The molecule has 12 rings (SSSR count). The van der Waals surface area contributed by atoms with Crippen molar-refractivity contribution in [1.82, 2.24) is 0 Å². The number of hydrogen-bond acceptors (Lipinski definition) is 12. The van der Waals surface area contributed by atoms with Crippen LogP contribution in [0.2, 0.25) is 0 Å². The normalized spacial score (nSPS) is 18.5. The molecule has 0 saturated heterocycles. The lowest BCUT2D eigenvalue weighted by Crippen LogP contribution is -2.58. The zero-order valence-corrected chi connectivity index (χ0v) is 51.2. The lowest BCUT2D eigenvalue weighted by Gasteiger charge is -2.59. The molecule has 8 aromatic carbocycles. The molecule has 4 aliphatic carbocycles. The Hall–Kier alpha value is -8.77. The SMILES string of the molecule is Cc1cc(C(c2cc(C)c(O)cc2C)c2cc(Cc3ccc(OCC(=O)OCc4ccc5ccccc5c4)c(C(c4cc(C)c(O)cc4C)c4cc(C)c(O)cc4C)c3)ccc2OCC(=O)OCC(=O)OC2(C)C3CC4CC(C3)CC2C4)c(C)cc1O. The molecule has 0 unspecified atom stereocenters. The molecule has 0 radical (unpaired) electrons. The number of aryl methyl sites for hydroxylation is 8. The molecule has 4 saturated carbocycles. The first-order valence-electron chi connectivity index (χ1n) is 30.3. The van der Waals surface area contributed by atoms with Gasteiger partial charge in [-0.15, -0.1) is 0 Å². The number of aromatic hydroxyl groups is 4. The number of phenolic OH excluding ortho intramolecular Hbond substituents is 4. The quantitative estimate of drug-likeness (QED) is 0.0343. The second-order valence-electron chi connectivity index (χ2n) is 25.3. The zero-order valence-electron chi connectivity index (χ0n) is 51.2. The molecule has 0 aromatic heterocycles. The third kappa shape index (κ3) is 12.6. The smallest absolute Gasteiger partial charge is 0.344 e. The number of benzene rings is 8. The molecule has 4 N–H and O–H groups in total. The standard InChI is InChI=1S/C75H78O12/c1-41-24-64(76)45(5)20-58(41)73(59-21-46(6)65(77)25-42(59)2)62-35-49(15-18-68(62)83-38-70(80)85-37-51-14-17-54-12-10-11-13-55(54)30-51)28-50-16-19-69(84-39-71(81)86-40-72(82)87-75(9)56-31-52-29-53(33-56)34-57(75)32-52)63(36-50)74(60-22-47(7)66(78)26-43(60)3)61-23-48(8)67(79)27-44(61)4/h10-27,30,35-36,52-53,56-57,73-74,76-79H,28-29,31-34,37-40H2,1-9H3. The third-order valence-corrected chi connectivity index (χ3v) is 19.1. The van der Waals surface area contributed by atoms with Crippen LogP contribution in [0.25, 0.3) is 10.8 Å². The van der Waals surface area contributed by atoms with E-state index in [-0.39, 0.29) is 36.2 Å². The van der Waals surface area contributed by atoms with Crippen LogP contribution < -0.4 is 9.47 Å². The molecule has 0 heterocycles. The molecule has 87 heavy (non-hydrogen) atoms. The van der Waals surface area contributed by atoms with Crippen LogP contribution >= 0.6 is 0 Å². The summed E-state index contributed by atoms with van der Waals surface area (Å²) in [6.45, 7) is 15.9. The van der Waals surface area contributed by atoms with E-state index < -0.39 is 48.6 Å². The molecule has 0 spiro atoms. The van der Waals surface area contributed by atoms with Crippen molar-refractivity contribution in [2.24, 2.45) is 23.7 Å². The summed E-state index contributed by atoms with van der Waals surface area (Å²) in [7, 11) is 0. The van der Waals surface area contributed by atoms with Crippen LogP contribution in [0.15, 0.2) is 127 Å². The second-order valence-corrected chi connectivity index (χ2v) is 25.3. The lowest BCUT2D eigenvalue weighted by atomic mass is 9.50. The highest BCUT2D eigenvalue weighted by Crippen LogP contribution is 2.59. The fraction of sp³-hybridized carbons (Fsp3) is 0.347. The summed E-state index contributed by atoms with van der Waals surface area (Å²) in [6, 6.07) is 40.6. The first-order chi connectivity index (χ1) is 41.6. The Morgan fingerprint density at radius 2 is 0.828 bits per heavy atom. The van der Waals surface area contributed by atoms with Gasteiger partial charge in [-0.1, -0.05) is 84.9 Å². The third-order valence-electron chi connectivity index (χ3n) is 19.1. The van der Waals surface area contributed by atoms with Crippen molar-refractivity contribution in [2.45, 2.75) is 125 Å². The Labute approximate surface area is 509 Å². The largest absolute Gasteiger partial charge is 0.508 e. The van der Waals surface area contributed by atoms with E-state index in [0.29, 0.717) is 69.4 Å². The molecular weight excluding hydrogens is 1090 g/mol. The molecular formula is C75H78O12. The van der Waals surface area contributed by atoms with Gasteiger partial charge in [-0.05, 0) is 261 Å². The van der Waals surface area contributed by atoms with E-state index in [4.69, 9.17) is 23.7 Å². The van der Waals surface area contributed by atoms with Gasteiger partial charge in [0, 0.05) is 23.0 Å². The van der Waals surface area contributed by atoms with Crippen LogP contribution in [-0.4, -0.2) is 63.8 Å². The zero-order chi connectivity index (χ0) is 61.6. The average molecular weight is 1170 g/mol. The van der Waals surface area contributed by atoms with Crippen LogP contribution in [-0.2, 0) is 41.6 Å². The average Bonchev–Trinajstić information content (AvgIpc) is 1.02. The van der Waals surface area contributed by atoms with Gasteiger partial charge in [-0.3, -0.25) is 0 Å². The molecule has 4 aliphatic rings. The summed E-state index contributed by atoms with van der Waals surface area (Å²) in [4.78, 5) is 40.9. The molecule has 0 atom stereocenters. The van der Waals surface area contributed by atoms with Crippen molar-refractivity contribution in [2.75, 3.05) is 19.8 Å². The summed E-state index contributed by atoms with van der Waals surface area (Å²) in [5, 5.41) is 46.1. The van der Waals surface area contributed by atoms with Gasteiger partial charge < -0.3 is 44.1 Å². The number of carbonyl (C=O) groups is 3. The predicted octanol–water partition coefficient (Wildman–Crippen LogP) is 14.9. The molecule has 12 heteroatoms. The summed E-state index contributed by atoms with van der Waals surface area (Å²) in [5.74, 6) is 0.523. The molecule has 0 amide bonds. The topological polar surface area (TPSA) is 178 Å². The van der Waals surface area contributed by atoms with Crippen molar-refractivity contribution < 1.29 is 58.5 Å². The van der Waals surface area contributed by atoms with Gasteiger partial charge in [0.25, 0.3) is 0 Å². The highest BCUT2D eigenvalue weighted by atomic mass is 16.6. The van der Waals surface area contributed by atoms with E-state index in [0.717, 1.165) is 103 Å². The molecule has 8 aromatic rings. The highest BCUT2D eigenvalue weighted by molar-refractivity contribution is 5.83. The van der Waals surface area contributed by atoms with E-state index >= 15 is 0 Å². The van der Waals surface area contributed by atoms with Gasteiger partial charge in [0.1, 0.15) is 46.7 Å². The molecule has 450 valence electrons. The summed E-state index contributed by atoms with van der Waals surface area (Å²) in [6.07, 6.45) is 5.92. The minimum absolute atomic E-state index is 0.0607. The fourth-order valence-corrected chi connectivity index (χ4v) is 14.5. The minimum Gasteiger partial charge on any atom is -0.508 e. The van der Waals surface area contributed by atoms with Gasteiger partial charge in [0.2, 0.25) is 0 Å². The number of hydrogen-bond donors (Lipinski definition) is 4. The van der Waals surface area contributed by atoms with Crippen LogP contribution in [0, 0.1) is 79.1 Å². The molecule has 4 fully saturated rings. The van der Waals surface area contributed by atoms with Gasteiger partial charge in [0.15, 0.2) is 19.8 Å². The number of phenols is 4. The first kappa shape index (κ1) is 59.9. The van der Waals surface area contributed by atoms with E-state index in [2.05, 4.69) is 19.1 Å². The maximum absolute atomic E-state index is 13.7. The van der Waals surface area contributed by atoms with Crippen molar-refractivity contribution in [3.8, 4) is 34.5 Å². The number of fused-ring (bicyclic) bond motifs is 1. The monoisotopic (exact) mass is 1170 g/mol. The lowest BCUT2D eigenvalue weighted by molar-refractivity contribution is -0.207. The fourth-order valence-electron chi connectivity index (χ4n) is 14.5. The van der Waals surface area contributed by atoms with Gasteiger partial charge >= 0.3 is 17.9 Å². The van der Waals surface area contributed by atoms with Crippen LogP contribution in [0.3, 0.4) is 0 Å². The molecule has 12 nitrogen and oxygen atoms in total. The van der Waals surface area contributed by atoms with Gasteiger partial charge in [-0.2, -0.15) is 0 Å². The highest BCUT2D eigenvalue weighted by Gasteiger charge is 2.57. The van der Waals surface area contributed by atoms with E-state index in [1.807, 2.05) is 146 Å². The molecule has 0 aliphatic heterocycles. The van der Waals surface area contributed by atoms with Crippen molar-refractivity contribution in [3.63, 3.8) is 0 Å². The maximum atomic E-state index is 13.7. The Kier molecular flexibility index (Phi) is 16.9. The van der Waals surface area contributed by atoms with Crippen molar-refractivity contribution >= 4 is 28.7 Å². The Bertz CT molecular complexity index is 3840.